The van der Waals surface area contributed by atoms with Crippen molar-refractivity contribution in [2.75, 3.05) is 11.9 Å². The van der Waals surface area contributed by atoms with Crippen molar-refractivity contribution >= 4 is 17.5 Å². The summed E-state index contributed by atoms with van der Waals surface area (Å²) in [5.74, 6) is 0.117. The molecule has 1 aromatic heterocycles. The highest BCUT2D eigenvalue weighted by Gasteiger charge is 2.12. The number of carbonyl (C=O) groups excluding carboxylic acids is 2. The molecule has 2 aromatic carbocycles. The van der Waals surface area contributed by atoms with Gasteiger partial charge in [0.15, 0.2) is 0 Å². The zero-order valence-corrected chi connectivity index (χ0v) is 16.4. The van der Waals surface area contributed by atoms with E-state index >= 15 is 0 Å². The number of hydrogen-bond donors (Lipinski definition) is 2. The van der Waals surface area contributed by atoms with Crippen LogP contribution in [0.4, 0.5) is 5.69 Å². The zero-order chi connectivity index (χ0) is 20.6. The zero-order valence-electron chi connectivity index (χ0n) is 16.4. The molecular formula is C23H23N3O3. The average molecular weight is 389 g/mol. The van der Waals surface area contributed by atoms with Gasteiger partial charge in [0.05, 0.1) is 17.7 Å². The second kappa shape index (κ2) is 9.50. The molecule has 0 saturated heterocycles. The molecule has 29 heavy (non-hydrogen) atoms. The van der Waals surface area contributed by atoms with Crippen molar-refractivity contribution in [1.82, 2.24) is 10.3 Å². The summed E-state index contributed by atoms with van der Waals surface area (Å²) in [6.07, 6.45) is 2.88. The molecule has 0 aliphatic heterocycles. The molecule has 0 radical (unpaired) electrons. The second-order valence-corrected chi connectivity index (χ2v) is 6.48. The summed E-state index contributed by atoms with van der Waals surface area (Å²) < 4.78 is 5.39. The van der Waals surface area contributed by atoms with Gasteiger partial charge in [-0.1, -0.05) is 24.3 Å². The summed E-state index contributed by atoms with van der Waals surface area (Å²) in [7, 11) is 0. The van der Waals surface area contributed by atoms with Crippen molar-refractivity contribution in [2.24, 2.45) is 0 Å². The molecule has 0 aliphatic rings. The van der Waals surface area contributed by atoms with Gasteiger partial charge in [0.1, 0.15) is 5.75 Å². The fourth-order valence-corrected chi connectivity index (χ4v) is 2.78. The van der Waals surface area contributed by atoms with Crippen LogP contribution in [0.1, 0.15) is 38.8 Å². The molecule has 3 aromatic rings. The summed E-state index contributed by atoms with van der Waals surface area (Å²) in [5, 5.41) is 5.66. The summed E-state index contributed by atoms with van der Waals surface area (Å²) in [6, 6.07) is 16.5. The number of carbonyl (C=O) groups is 2. The first-order valence-electron chi connectivity index (χ1n) is 9.39. The smallest absolute Gasteiger partial charge is 0.257 e. The van der Waals surface area contributed by atoms with E-state index < -0.39 is 0 Å². The Hall–Kier alpha value is -3.67. The Labute approximate surface area is 169 Å². The third kappa shape index (κ3) is 5.42. The molecule has 6 heteroatoms. The fourth-order valence-electron chi connectivity index (χ4n) is 2.78. The number of anilines is 1. The molecule has 0 unspecified atom stereocenters. The van der Waals surface area contributed by atoms with Crippen LogP contribution in [-0.4, -0.2) is 23.4 Å². The topological polar surface area (TPSA) is 80.3 Å². The van der Waals surface area contributed by atoms with Gasteiger partial charge < -0.3 is 15.4 Å². The van der Waals surface area contributed by atoms with E-state index in [1.165, 1.54) is 18.5 Å². The molecule has 2 N–H and O–H groups in total. The van der Waals surface area contributed by atoms with E-state index in [2.05, 4.69) is 15.6 Å². The van der Waals surface area contributed by atoms with E-state index in [-0.39, 0.29) is 11.8 Å². The molecule has 6 nitrogen and oxygen atoms in total. The number of pyridine rings is 1. The lowest BCUT2D eigenvalue weighted by atomic mass is 10.1. The van der Waals surface area contributed by atoms with Crippen molar-refractivity contribution in [2.45, 2.75) is 20.4 Å². The van der Waals surface area contributed by atoms with Crippen molar-refractivity contribution in [3.8, 4) is 5.75 Å². The first-order valence-corrected chi connectivity index (χ1v) is 9.39. The first-order chi connectivity index (χ1) is 14.1. The van der Waals surface area contributed by atoms with E-state index in [0.29, 0.717) is 30.0 Å². The predicted molar refractivity (Wildman–Crippen MR) is 112 cm³/mol. The predicted octanol–water partition coefficient (Wildman–Crippen LogP) is 3.97. The maximum Gasteiger partial charge on any atom is 0.257 e. The lowest BCUT2D eigenvalue weighted by Gasteiger charge is -2.09. The van der Waals surface area contributed by atoms with Crippen LogP contribution in [0.25, 0.3) is 0 Å². The lowest BCUT2D eigenvalue weighted by Crippen LogP contribution is -2.24. The maximum absolute atomic E-state index is 12.5. The Balaban J connectivity index is 1.64. The van der Waals surface area contributed by atoms with Crippen molar-refractivity contribution in [3.63, 3.8) is 0 Å². The van der Waals surface area contributed by atoms with Crippen LogP contribution in [0.15, 0.2) is 67.0 Å². The van der Waals surface area contributed by atoms with Crippen LogP contribution in [0.3, 0.4) is 0 Å². The number of benzene rings is 2. The number of aryl methyl sites for hydroxylation is 1. The molecule has 1 heterocycles. The molecule has 0 spiro atoms. The van der Waals surface area contributed by atoms with Gasteiger partial charge in [-0.15, -0.1) is 0 Å². The minimum Gasteiger partial charge on any atom is -0.494 e. The quantitative estimate of drug-likeness (QED) is 0.641. The van der Waals surface area contributed by atoms with E-state index in [4.69, 9.17) is 4.74 Å². The highest BCUT2D eigenvalue weighted by atomic mass is 16.5. The number of ether oxygens (including phenoxy) is 1. The fraction of sp³-hybridized carbons (Fsp3) is 0.174. The Kier molecular flexibility index (Phi) is 6.58. The summed E-state index contributed by atoms with van der Waals surface area (Å²) in [5.41, 5.74) is 3.42. The van der Waals surface area contributed by atoms with Gasteiger partial charge in [0.25, 0.3) is 11.8 Å². The highest BCUT2D eigenvalue weighted by Crippen LogP contribution is 2.16. The van der Waals surface area contributed by atoms with Crippen LogP contribution in [0.2, 0.25) is 0 Å². The van der Waals surface area contributed by atoms with Crippen LogP contribution in [-0.2, 0) is 6.54 Å². The normalized spacial score (nSPS) is 10.3. The van der Waals surface area contributed by atoms with Gasteiger partial charge in [-0.2, -0.15) is 0 Å². The highest BCUT2D eigenvalue weighted by molar-refractivity contribution is 6.05. The number of hydrogen-bond acceptors (Lipinski definition) is 4. The van der Waals surface area contributed by atoms with Gasteiger partial charge >= 0.3 is 0 Å². The van der Waals surface area contributed by atoms with Gasteiger partial charge in [-0.3, -0.25) is 14.6 Å². The number of nitrogens with one attached hydrogen (secondary N) is 2. The average Bonchev–Trinajstić information content (AvgIpc) is 2.74. The maximum atomic E-state index is 12.5. The van der Waals surface area contributed by atoms with Gasteiger partial charge in [-0.05, 0) is 55.3 Å². The van der Waals surface area contributed by atoms with E-state index in [1.54, 1.807) is 24.3 Å². The molecule has 2 amide bonds. The number of nitrogens with zero attached hydrogens (tertiary/aromatic N) is 1. The number of amides is 2. The largest absolute Gasteiger partial charge is 0.494 e. The SMILES string of the molecule is CCOc1ccc(NC(=O)c2cncc(C(=O)NCc3ccccc3C)c2)cc1. The van der Waals surface area contributed by atoms with Crippen molar-refractivity contribution in [3.05, 3.63) is 89.2 Å². The molecule has 0 bridgehead atoms. The van der Waals surface area contributed by atoms with Crippen LogP contribution >= 0.6 is 0 Å². The van der Waals surface area contributed by atoms with E-state index in [9.17, 15) is 9.59 Å². The summed E-state index contributed by atoms with van der Waals surface area (Å²) in [4.78, 5) is 29.0. The minimum atomic E-state index is -0.338. The Bertz CT molecular complexity index is 1000. The molecule has 0 atom stereocenters. The minimum absolute atomic E-state index is 0.281. The molecule has 148 valence electrons. The second-order valence-electron chi connectivity index (χ2n) is 6.48. The van der Waals surface area contributed by atoms with Crippen LogP contribution in [0.5, 0.6) is 5.75 Å². The first kappa shape index (κ1) is 20.1. The van der Waals surface area contributed by atoms with Gasteiger partial charge in [0.2, 0.25) is 0 Å². The molecule has 0 aliphatic carbocycles. The standard InChI is InChI=1S/C23H23N3O3/c1-3-29-21-10-8-20(9-11-21)26-23(28)19-12-18(13-24-14-19)22(27)25-15-17-7-5-4-6-16(17)2/h4-14H,3,15H2,1-2H3,(H,25,27)(H,26,28). The molecular weight excluding hydrogens is 366 g/mol. The van der Waals surface area contributed by atoms with Gasteiger partial charge in [0, 0.05) is 24.6 Å². The van der Waals surface area contributed by atoms with Crippen molar-refractivity contribution in [1.29, 1.82) is 0 Å². The summed E-state index contributed by atoms with van der Waals surface area (Å²) >= 11 is 0. The van der Waals surface area contributed by atoms with Crippen LogP contribution in [0, 0.1) is 6.92 Å². The summed E-state index contributed by atoms with van der Waals surface area (Å²) in [6.45, 7) is 4.89. The molecule has 3 rings (SSSR count). The number of aromatic nitrogens is 1. The third-order valence-electron chi connectivity index (χ3n) is 4.39. The van der Waals surface area contributed by atoms with E-state index in [0.717, 1.165) is 16.9 Å². The Morgan fingerprint density at radius 2 is 1.66 bits per heavy atom. The third-order valence-corrected chi connectivity index (χ3v) is 4.39. The monoisotopic (exact) mass is 389 g/mol. The van der Waals surface area contributed by atoms with Crippen LogP contribution < -0.4 is 15.4 Å². The Morgan fingerprint density at radius 3 is 2.34 bits per heavy atom. The Morgan fingerprint density at radius 1 is 0.966 bits per heavy atom. The number of rotatable bonds is 7. The molecule has 0 fully saturated rings. The van der Waals surface area contributed by atoms with E-state index in [1.807, 2.05) is 38.1 Å². The lowest BCUT2D eigenvalue weighted by molar-refractivity contribution is 0.0950. The van der Waals surface area contributed by atoms with Crippen molar-refractivity contribution < 1.29 is 14.3 Å². The van der Waals surface area contributed by atoms with Gasteiger partial charge in [-0.25, -0.2) is 0 Å². The molecule has 0 saturated carbocycles.